The van der Waals surface area contributed by atoms with Crippen LogP contribution in [-0.4, -0.2) is 0 Å². The summed E-state index contributed by atoms with van der Waals surface area (Å²) in [7, 11) is 0. The highest BCUT2D eigenvalue weighted by atomic mass is 14.0. The quantitative estimate of drug-likeness (QED) is 0.418. The molecule has 0 radical (unpaired) electrons. The molecule has 0 N–H and O–H groups in total. The van der Waals surface area contributed by atoms with E-state index >= 15 is 0 Å². The van der Waals surface area contributed by atoms with Crippen LogP contribution in [0.5, 0.6) is 0 Å². The standard InChI is InChI=1S/C5H10.2C5H12.C2H6.CH4/c1-2-4-5-3-1;2*1-5(2,3)4;1-2;/h1-5H2;2*1-4H3;1-2H3;1H4. The molecule has 18 heavy (non-hydrogen) atoms. The third-order valence-electron chi connectivity index (χ3n) is 1.25. The Morgan fingerprint density at radius 2 is 0.500 bits per heavy atom. The van der Waals surface area contributed by atoms with E-state index in [0.717, 1.165) is 0 Å². The van der Waals surface area contributed by atoms with Gasteiger partial charge in [-0.25, -0.2) is 0 Å². The van der Waals surface area contributed by atoms with Gasteiger partial charge < -0.3 is 0 Å². The molecule has 0 heterocycles. The van der Waals surface area contributed by atoms with E-state index in [1.165, 1.54) is 32.1 Å². The van der Waals surface area contributed by atoms with Crippen LogP contribution < -0.4 is 0 Å². The Balaban J connectivity index is -0.0000000744. The first-order valence-corrected chi connectivity index (χ1v) is 7.50. The van der Waals surface area contributed by atoms with Gasteiger partial charge in [-0.2, -0.15) is 0 Å². The maximum atomic E-state index is 2.19. The van der Waals surface area contributed by atoms with E-state index in [-0.39, 0.29) is 7.43 Å². The highest BCUT2D eigenvalue weighted by Gasteiger charge is 1.96. The number of rotatable bonds is 0. The van der Waals surface area contributed by atoms with Gasteiger partial charge in [-0.15, -0.1) is 0 Å². The Bertz CT molecular complexity index is 84.3. The Labute approximate surface area is 120 Å². The number of hydrogen-bond acceptors (Lipinski definition) is 0. The highest BCUT2D eigenvalue weighted by Crippen LogP contribution is 2.15. The minimum Gasteiger partial charge on any atom is -0.0776 e. The largest absolute Gasteiger partial charge is 0.0776 e. The van der Waals surface area contributed by atoms with Crippen LogP contribution in [0.1, 0.15) is 109 Å². The van der Waals surface area contributed by atoms with E-state index in [2.05, 4.69) is 55.4 Å². The second-order valence-corrected chi connectivity index (χ2v) is 7.77. The van der Waals surface area contributed by atoms with Gasteiger partial charge in [0, 0.05) is 0 Å². The zero-order chi connectivity index (χ0) is 14.5. The van der Waals surface area contributed by atoms with Crippen molar-refractivity contribution < 1.29 is 0 Å². The smallest absolute Gasteiger partial charge is 0.0411 e. The molecule has 1 saturated carbocycles. The molecule has 1 aliphatic rings. The van der Waals surface area contributed by atoms with Gasteiger partial charge in [0.2, 0.25) is 0 Å². The topological polar surface area (TPSA) is 0 Å². The highest BCUT2D eigenvalue weighted by molar-refractivity contribution is 4.51. The third-order valence-corrected chi connectivity index (χ3v) is 1.25. The van der Waals surface area contributed by atoms with Gasteiger partial charge in [-0.1, -0.05) is 109 Å². The third kappa shape index (κ3) is 144. The molecule has 0 amide bonds. The SMILES string of the molecule is C.C1CCCC1.CC.CC(C)(C)C.CC(C)(C)C. The molecule has 0 heteroatoms. The Kier molecular flexibility index (Phi) is 22.2. The minimum atomic E-state index is 0. The molecule has 1 rings (SSSR count). The molecular weight excluding hydrogens is 216 g/mol. The molecule has 116 valence electrons. The average Bonchev–Trinajstić information content (AvgIpc) is 2.56. The summed E-state index contributed by atoms with van der Waals surface area (Å²) in [5.41, 5.74) is 1.00. The molecule has 0 aromatic rings. The van der Waals surface area contributed by atoms with Crippen molar-refractivity contribution in [3.8, 4) is 0 Å². The second kappa shape index (κ2) is 15.1. The van der Waals surface area contributed by atoms with Crippen molar-refractivity contribution >= 4 is 0 Å². The lowest BCUT2D eigenvalue weighted by Crippen LogP contribution is -1.93. The molecule has 0 spiro atoms. The van der Waals surface area contributed by atoms with E-state index < -0.39 is 0 Å². The molecular formula is C18H44. The first-order valence-electron chi connectivity index (χ1n) is 7.50. The van der Waals surface area contributed by atoms with E-state index in [1.807, 2.05) is 13.8 Å². The van der Waals surface area contributed by atoms with Crippen LogP contribution in [0, 0.1) is 10.8 Å². The molecule has 0 bridgehead atoms. The van der Waals surface area contributed by atoms with Crippen LogP contribution in [0.4, 0.5) is 0 Å². The van der Waals surface area contributed by atoms with Gasteiger partial charge in [0.05, 0.1) is 0 Å². The van der Waals surface area contributed by atoms with E-state index in [1.54, 1.807) is 0 Å². The normalized spacial score (nSPS) is 13.7. The lowest BCUT2D eigenvalue weighted by Gasteiger charge is -2.05. The van der Waals surface area contributed by atoms with Gasteiger partial charge >= 0.3 is 0 Å². The fourth-order valence-corrected chi connectivity index (χ4v) is 0.884. The van der Waals surface area contributed by atoms with E-state index in [9.17, 15) is 0 Å². The van der Waals surface area contributed by atoms with Crippen molar-refractivity contribution in [1.29, 1.82) is 0 Å². The predicted octanol–water partition coefficient (Wildman–Crippen LogP) is 7.72. The Hall–Kier alpha value is 0. The summed E-state index contributed by atoms with van der Waals surface area (Å²) in [6, 6.07) is 0. The van der Waals surface area contributed by atoms with Crippen LogP contribution in [0.2, 0.25) is 0 Å². The zero-order valence-electron chi connectivity index (χ0n) is 14.5. The molecule has 1 fully saturated rings. The molecule has 0 saturated heterocycles. The summed E-state index contributed by atoms with van der Waals surface area (Å²) in [6.45, 7) is 21.5. The average molecular weight is 261 g/mol. The molecule has 0 unspecified atom stereocenters. The lowest BCUT2D eigenvalue weighted by atomic mass is 10.0. The fraction of sp³-hybridized carbons (Fsp3) is 1.00. The van der Waals surface area contributed by atoms with Gasteiger partial charge in [0.15, 0.2) is 0 Å². The molecule has 0 aliphatic heterocycles. The molecule has 0 aromatic heterocycles. The fourth-order valence-electron chi connectivity index (χ4n) is 0.884. The molecule has 0 nitrogen and oxygen atoms in total. The van der Waals surface area contributed by atoms with Crippen molar-refractivity contribution in [2.75, 3.05) is 0 Å². The maximum absolute atomic E-state index is 2.19. The summed E-state index contributed by atoms with van der Waals surface area (Å²) in [5, 5.41) is 0. The lowest BCUT2D eigenvalue weighted by molar-refractivity contribution is 0.469. The van der Waals surface area contributed by atoms with Gasteiger partial charge in [-0.3, -0.25) is 0 Å². The monoisotopic (exact) mass is 260 g/mol. The maximum Gasteiger partial charge on any atom is -0.0411 e. The van der Waals surface area contributed by atoms with Crippen molar-refractivity contribution in [3.63, 3.8) is 0 Å². The summed E-state index contributed by atoms with van der Waals surface area (Å²) < 4.78 is 0. The van der Waals surface area contributed by atoms with Crippen molar-refractivity contribution in [2.45, 2.75) is 109 Å². The van der Waals surface area contributed by atoms with Crippen molar-refractivity contribution in [3.05, 3.63) is 0 Å². The summed E-state index contributed by atoms with van der Waals surface area (Å²) >= 11 is 0. The first-order chi connectivity index (χ1) is 7.50. The van der Waals surface area contributed by atoms with Crippen LogP contribution in [0.3, 0.4) is 0 Å². The van der Waals surface area contributed by atoms with E-state index in [0.29, 0.717) is 10.8 Å². The molecule has 0 aromatic carbocycles. The van der Waals surface area contributed by atoms with Crippen LogP contribution in [0.15, 0.2) is 0 Å². The van der Waals surface area contributed by atoms with Crippen LogP contribution >= 0.6 is 0 Å². The summed E-state index contributed by atoms with van der Waals surface area (Å²) in [5.74, 6) is 0. The summed E-state index contributed by atoms with van der Waals surface area (Å²) in [6.07, 6.45) is 7.50. The first kappa shape index (κ1) is 26.5. The van der Waals surface area contributed by atoms with Crippen LogP contribution in [0.25, 0.3) is 0 Å². The van der Waals surface area contributed by atoms with Gasteiger partial charge in [0.1, 0.15) is 0 Å². The molecule has 0 atom stereocenters. The van der Waals surface area contributed by atoms with Gasteiger partial charge in [0.25, 0.3) is 0 Å². The Morgan fingerprint density at radius 3 is 0.556 bits per heavy atom. The predicted molar refractivity (Wildman–Crippen MR) is 91.4 cm³/mol. The zero-order valence-corrected chi connectivity index (χ0v) is 14.5. The van der Waals surface area contributed by atoms with Crippen molar-refractivity contribution in [2.24, 2.45) is 10.8 Å². The van der Waals surface area contributed by atoms with Crippen LogP contribution in [-0.2, 0) is 0 Å². The van der Waals surface area contributed by atoms with Crippen molar-refractivity contribution in [1.82, 2.24) is 0 Å². The minimum absolute atomic E-state index is 0. The second-order valence-electron chi connectivity index (χ2n) is 7.77. The number of hydrogen-bond donors (Lipinski definition) is 0. The Morgan fingerprint density at radius 1 is 0.444 bits per heavy atom. The molecule has 1 aliphatic carbocycles. The van der Waals surface area contributed by atoms with E-state index in [4.69, 9.17) is 0 Å². The summed E-state index contributed by atoms with van der Waals surface area (Å²) in [4.78, 5) is 0. The van der Waals surface area contributed by atoms with Gasteiger partial charge in [-0.05, 0) is 10.8 Å².